The average molecular weight is 256 g/mol. The Balaban J connectivity index is 2.22. The molecule has 1 aromatic carbocycles. The van der Waals surface area contributed by atoms with Gasteiger partial charge in [-0.2, -0.15) is 0 Å². The first-order valence-corrected chi connectivity index (χ1v) is 5.65. The van der Waals surface area contributed by atoms with Crippen LogP contribution in [0.3, 0.4) is 0 Å². The molecule has 5 heteroatoms. The minimum absolute atomic E-state index is 0.109. The van der Waals surface area contributed by atoms with Gasteiger partial charge in [0.15, 0.2) is 5.69 Å². The predicted octanol–water partition coefficient (Wildman–Crippen LogP) is 2.34. The number of hydrogen-bond donors (Lipinski definition) is 2. The van der Waals surface area contributed by atoms with Gasteiger partial charge in [-0.3, -0.25) is 4.79 Å². The van der Waals surface area contributed by atoms with Gasteiger partial charge < -0.3 is 10.4 Å². The quantitative estimate of drug-likeness (QED) is 0.883. The topological polar surface area (TPSA) is 79.3 Å². The van der Waals surface area contributed by atoms with Crippen molar-refractivity contribution in [3.05, 3.63) is 59.3 Å². The Bertz CT molecular complexity index is 638. The van der Waals surface area contributed by atoms with Crippen molar-refractivity contribution in [2.75, 3.05) is 5.32 Å². The summed E-state index contributed by atoms with van der Waals surface area (Å²) in [5.74, 6) is -1.23. The summed E-state index contributed by atoms with van der Waals surface area (Å²) in [6.45, 7) is 1.83. The smallest absolute Gasteiger partial charge is 0.354 e. The van der Waals surface area contributed by atoms with E-state index in [0.717, 1.165) is 5.56 Å². The second-order valence-electron chi connectivity index (χ2n) is 3.98. The van der Waals surface area contributed by atoms with E-state index in [4.69, 9.17) is 5.11 Å². The van der Waals surface area contributed by atoms with E-state index in [1.165, 1.54) is 12.1 Å². The molecule has 0 saturated heterocycles. The van der Waals surface area contributed by atoms with Crippen LogP contribution in [-0.4, -0.2) is 22.0 Å². The van der Waals surface area contributed by atoms with E-state index in [9.17, 15) is 9.59 Å². The summed E-state index contributed by atoms with van der Waals surface area (Å²) in [6, 6.07) is 11.6. The lowest BCUT2D eigenvalue weighted by Gasteiger charge is -2.07. The van der Waals surface area contributed by atoms with Crippen molar-refractivity contribution in [2.24, 2.45) is 0 Å². The molecule has 1 heterocycles. The lowest BCUT2D eigenvalue weighted by atomic mass is 10.1. The summed E-state index contributed by atoms with van der Waals surface area (Å²) < 4.78 is 0. The van der Waals surface area contributed by atoms with Gasteiger partial charge >= 0.3 is 5.97 Å². The van der Waals surface area contributed by atoms with Crippen LogP contribution in [0.1, 0.15) is 26.4 Å². The number of aryl methyl sites for hydroxylation is 1. The molecule has 5 nitrogen and oxygen atoms in total. The maximum atomic E-state index is 12.0. The van der Waals surface area contributed by atoms with Crippen LogP contribution in [0.2, 0.25) is 0 Å². The van der Waals surface area contributed by atoms with Gasteiger partial charge in [0, 0.05) is 5.56 Å². The lowest BCUT2D eigenvalue weighted by molar-refractivity contribution is 0.0690. The highest BCUT2D eigenvalue weighted by atomic mass is 16.4. The largest absolute Gasteiger partial charge is 0.477 e. The van der Waals surface area contributed by atoms with Crippen LogP contribution in [0.15, 0.2) is 42.5 Å². The molecule has 2 aromatic rings. The minimum atomic E-state index is -1.13. The summed E-state index contributed by atoms with van der Waals surface area (Å²) in [5.41, 5.74) is 1.27. The van der Waals surface area contributed by atoms with E-state index in [1.54, 1.807) is 18.2 Å². The molecule has 19 heavy (non-hydrogen) atoms. The predicted molar refractivity (Wildman–Crippen MR) is 70.3 cm³/mol. The normalized spacial score (nSPS) is 9.95. The number of nitrogens with zero attached hydrogens (tertiary/aromatic N) is 1. The van der Waals surface area contributed by atoms with Crippen molar-refractivity contribution >= 4 is 17.7 Å². The molecule has 0 fully saturated rings. The van der Waals surface area contributed by atoms with Crippen molar-refractivity contribution in [3.63, 3.8) is 0 Å². The number of anilines is 1. The number of aromatic nitrogens is 1. The first-order chi connectivity index (χ1) is 9.08. The molecule has 0 unspecified atom stereocenters. The Morgan fingerprint density at radius 2 is 1.84 bits per heavy atom. The molecule has 1 aromatic heterocycles. The number of benzene rings is 1. The first kappa shape index (κ1) is 12.8. The molecule has 0 saturated carbocycles. The second-order valence-corrected chi connectivity index (χ2v) is 3.98. The van der Waals surface area contributed by atoms with E-state index < -0.39 is 5.97 Å². The highest BCUT2D eigenvalue weighted by molar-refractivity contribution is 6.04. The molecule has 0 aliphatic heterocycles. The van der Waals surface area contributed by atoms with Gasteiger partial charge in [0.25, 0.3) is 5.91 Å². The number of rotatable bonds is 3. The molecule has 96 valence electrons. The molecule has 0 radical (unpaired) electrons. The number of hydrogen-bond acceptors (Lipinski definition) is 3. The number of aromatic carboxylic acids is 1. The summed E-state index contributed by atoms with van der Waals surface area (Å²) >= 11 is 0. The lowest BCUT2D eigenvalue weighted by Crippen LogP contribution is -2.15. The Morgan fingerprint density at radius 1 is 1.11 bits per heavy atom. The summed E-state index contributed by atoms with van der Waals surface area (Å²) in [6.07, 6.45) is 0. The molecule has 0 bridgehead atoms. The number of amides is 1. The fraction of sp³-hybridized carbons (Fsp3) is 0.0714. The third-order valence-corrected chi connectivity index (χ3v) is 2.60. The Labute approximate surface area is 109 Å². The number of carboxylic acids is 1. The fourth-order valence-electron chi connectivity index (χ4n) is 1.63. The summed E-state index contributed by atoms with van der Waals surface area (Å²) in [4.78, 5) is 26.6. The monoisotopic (exact) mass is 256 g/mol. The molecule has 0 aliphatic carbocycles. The van der Waals surface area contributed by atoms with E-state index in [1.807, 2.05) is 19.1 Å². The van der Waals surface area contributed by atoms with E-state index in [0.29, 0.717) is 5.56 Å². The van der Waals surface area contributed by atoms with Crippen molar-refractivity contribution in [2.45, 2.75) is 6.92 Å². The Morgan fingerprint density at radius 3 is 2.53 bits per heavy atom. The summed E-state index contributed by atoms with van der Waals surface area (Å²) in [5, 5.41) is 11.4. The second kappa shape index (κ2) is 5.30. The zero-order valence-electron chi connectivity index (χ0n) is 10.3. The molecular formula is C14H12N2O3. The van der Waals surface area contributed by atoms with Gasteiger partial charge in [-0.05, 0) is 30.7 Å². The molecule has 2 N–H and O–H groups in total. The van der Waals surface area contributed by atoms with Crippen LogP contribution in [-0.2, 0) is 0 Å². The van der Waals surface area contributed by atoms with Gasteiger partial charge in [0.05, 0.1) is 0 Å². The van der Waals surface area contributed by atoms with Gasteiger partial charge in [0.2, 0.25) is 0 Å². The van der Waals surface area contributed by atoms with Crippen LogP contribution >= 0.6 is 0 Å². The Kier molecular flexibility index (Phi) is 3.56. The number of pyridine rings is 1. The first-order valence-electron chi connectivity index (χ1n) is 5.65. The van der Waals surface area contributed by atoms with Crippen LogP contribution in [0.5, 0.6) is 0 Å². The maximum absolute atomic E-state index is 12.0. The van der Waals surface area contributed by atoms with Crippen molar-refractivity contribution in [1.82, 2.24) is 4.98 Å². The highest BCUT2D eigenvalue weighted by Gasteiger charge is 2.10. The minimum Gasteiger partial charge on any atom is -0.477 e. The maximum Gasteiger partial charge on any atom is 0.354 e. The number of carbonyl (C=O) groups excluding carboxylic acids is 1. The number of nitrogens with one attached hydrogen (secondary N) is 1. The molecule has 2 rings (SSSR count). The van der Waals surface area contributed by atoms with Crippen molar-refractivity contribution in [1.29, 1.82) is 0 Å². The zero-order valence-corrected chi connectivity index (χ0v) is 10.3. The zero-order chi connectivity index (χ0) is 13.8. The number of carboxylic acid groups (broad SMARTS) is 1. The van der Waals surface area contributed by atoms with Gasteiger partial charge in [-0.15, -0.1) is 0 Å². The Hall–Kier alpha value is -2.69. The van der Waals surface area contributed by atoms with Crippen molar-refractivity contribution < 1.29 is 14.7 Å². The molecule has 0 aliphatic rings. The number of carbonyl (C=O) groups is 2. The molecule has 0 atom stereocenters. The highest BCUT2D eigenvalue weighted by Crippen LogP contribution is 2.11. The SMILES string of the molecule is Cc1ccccc1C(=O)Nc1cccc(C(=O)O)n1. The molecule has 1 amide bonds. The van der Waals surface area contributed by atoms with E-state index in [2.05, 4.69) is 10.3 Å². The average Bonchev–Trinajstić information content (AvgIpc) is 2.39. The van der Waals surface area contributed by atoms with Gasteiger partial charge in [0.1, 0.15) is 5.82 Å². The third-order valence-electron chi connectivity index (χ3n) is 2.60. The van der Waals surface area contributed by atoms with Crippen LogP contribution < -0.4 is 5.32 Å². The van der Waals surface area contributed by atoms with E-state index >= 15 is 0 Å². The summed E-state index contributed by atoms with van der Waals surface area (Å²) in [7, 11) is 0. The molecule has 0 spiro atoms. The fourth-order valence-corrected chi connectivity index (χ4v) is 1.63. The van der Waals surface area contributed by atoms with Gasteiger partial charge in [-0.1, -0.05) is 24.3 Å². The van der Waals surface area contributed by atoms with Crippen LogP contribution in [0.25, 0.3) is 0 Å². The van der Waals surface area contributed by atoms with Gasteiger partial charge in [-0.25, -0.2) is 9.78 Å². The van der Waals surface area contributed by atoms with Crippen LogP contribution in [0.4, 0.5) is 5.82 Å². The standard InChI is InChI=1S/C14H12N2O3/c1-9-5-2-3-6-10(9)13(17)16-12-8-4-7-11(15-12)14(18)19/h2-8H,1H3,(H,18,19)(H,15,16,17). The molecular weight excluding hydrogens is 244 g/mol. The van der Waals surface area contributed by atoms with Crippen molar-refractivity contribution in [3.8, 4) is 0 Å². The van der Waals surface area contributed by atoms with Crippen LogP contribution in [0, 0.1) is 6.92 Å². The van der Waals surface area contributed by atoms with E-state index in [-0.39, 0.29) is 17.4 Å². The third kappa shape index (κ3) is 2.95.